The molecule has 0 aliphatic heterocycles. The van der Waals surface area contributed by atoms with Crippen LogP contribution in [0, 0.1) is 6.92 Å². The molecule has 0 saturated heterocycles. The minimum atomic E-state index is -0.744. The number of hydrogen-bond donors (Lipinski definition) is 1. The first-order chi connectivity index (χ1) is 9.65. The fourth-order valence-corrected chi connectivity index (χ4v) is 3.07. The van der Waals surface area contributed by atoms with Crippen LogP contribution in [-0.2, 0) is 17.0 Å². The van der Waals surface area contributed by atoms with Gasteiger partial charge in [-0.1, -0.05) is 60.2 Å². The smallest absolute Gasteiger partial charge is 0.316 e. The SMILES string of the molecule is Cc1cccc(CSC(Cc2ccccc2)C(=O)O)c1. The number of aliphatic carboxylic acids is 1. The van der Waals surface area contributed by atoms with Crippen molar-refractivity contribution in [2.24, 2.45) is 0 Å². The summed E-state index contributed by atoms with van der Waals surface area (Å²) in [6, 6.07) is 18.0. The highest BCUT2D eigenvalue weighted by Crippen LogP contribution is 2.22. The van der Waals surface area contributed by atoms with E-state index in [0.717, 1.165) is 11.3 Å². The van der Waals surface area contributed by atoms with Crippen molar-refractivity contribution in [2.45, 2.75) is 24.3 Å². The predicted octanol–water partition coefficient (Wildman–Crippen LogP) is 3.92. The number of thioether (sulfide) groups is 1. The van der Waals surface area contributed by atoms with Crippen LogP contribution in [0.2, 0.25) is 0 Å². The fourth-order valence-electron chi connectivity index (χ4n) is 2.04. The largest absolute Gasteiger partial charge is 0.480 e. The van der Waals surface area contributed by atoms with Gasteiger partial charge in [-0.05, 0) is 24.5 Å². The molecule has 0 radical (unpaired) electrons. The van der Waals surface area contributed by atoms with Gasteiger partial charge in [0.15, 0.2) is 0 Å². The van der Waals surface area contributed by atoms with E-state index in [-0.39, 0.29) is 0 Å². The first-order valence-corrected chi connectivity index (χ1v) is 7.64. The van der Waals surface area contributed by atoms with Gasteiger partial charge in [0, 0.05) is 5.75 Å². The predicted molar refractivity (Wildman–Crippen MR) is 84.0 cm³/mol. The van der Waals surface area contributed by atoms with Gasteiger partial charge in [0.2, 0.25) is 0 Å². The second kappa shape index (κ2) is 7.15. The van der Waals surface area contributed by atoms with Crippen molar-refractivity contribution in [3.8, 4) is 0 Å². The molecule has 20 heavy (non-hydrogen) atoms. The van der Waals surface area contributed by atoms with E-state index in [1.54, 1.807) is 0 Å². The van der Waals surface area contributed by atoms with Gasteiger partial charge in [0.1, 0.15) is 5.25 Å². The number of benzene rings is 2. The standard InChI is InChI=1S/C17H18O2S/c1-13-6-5-9-15(10-13)12-20-16(17(18)19)11-14-7-3-2-4-8-14/h2-10,16H,11-12H2,1H3,(H,18,19). The van der Waals surface area contributed by atoms with Crippen LogP contribution in [0.25, 0.3) is 0 Å². The second-order valence-corrected chi connectivity index (χ2v) is 6.01. The maximum atomic E-state index is 11.4. The Morgan fingerprint density at radius 3 is 2.45 bits per heavy atom. The van der Waals surface area contributed by atoms with Gasteiger partial charge in [-0.15, -0.1) is 11.8 Å². The zero-order chi connectivity index (χ0) is 14.4. The minimum Gasteiger partial charge on any atom is -0.480 e. The number of hydrogen-bond acceptors (Lipinski definition) is 2. The molecular weight excluding hydrogens is 268 g/mol. The third-order valence-electron chi connectivity index (χ3n) is 3.07. The summed E-state index contributed by atoms with van der Waals surface area (Å²) in [5.74, 6) is -0.0163. The zero-order valence-corrected chi connectivity index (χ0v) is 12.3. The molecule has 0 saturated carbocycles. The van der Waals surface area contributed by atoms with Crippen molar-refractivity contribution in [1.29, 1.82) is 0 Å². The Balaban J connectivity index is 1.98. The topological polar surface area (TPSA) is 37.3 Å². The summed E-state index contributed by atoms with van der Waals surface area (Å²) in [6.45, 7) is 2.05. The molecule has 0 aliphatic carbocycles. The summed E-state index contributed by atoms with van der Waals surface area (Å²) in [5, 5.41) is 8.94. The molecule has 0 aromatic heterocycles. The van der Waals surface area contributed by atoms with E-state index < -0.39 is 11.2 Å². The molecule has 1 N–H and O–H groups in total. The molecule has 2 aromatic rings. The summed E-state index contributed by atoms with van der Waals surface area (Å²) in [5.41, 5.74) is 3.45. The number of aryl methyl sites for hydroxylation is 1. The highest BCUT2D eigenvalue weighted by Gasteiger charge is 2.18. The molecule has 104 valence electrons. The van der Waals surface area contributed by atoms with Crippen LogP contribution in [0.1, 0.15) is 16.7 Å². The molecule has 0 spiro atoms. The summed E-state index contributed by atoms with van der Waals surface area (Å²) >= 11 is 1.49. The normalized spacial score (nSPS) is 12.1. The van der Waals surface area contributed by atoms with Crippen molar-refractivity contribution >= 4 is 17.7 Å². The number of carbonyl (C=O) groups is 1. The maximum Gasteiger partial charge on any atom is 0.316 e. The lowest BCUT2D eigenvalue weighted by atomic mass is 10.1. The average Bonchev–Trinajstić information content (AvgIpc) is 2.44. The summed E-state index contributed by atoms with van der Waals surface area (Å²) in [6.07, 6.45) is 0.562. The molecule has 0 amide bonds. The Morgan fingerprint density at radius 1 is 1.10 bits per heavy atom. The quantitative estimate of drug-likeness (QED) is 0.874. The van der Waals surface area contributed by atoms with Gasteiger partial charge in [0.05, 0.1) is 0 Å². The first kappa shape index (κ1) is 14.7. The molecule has 1 atom stereocenters. The van der Waals surface area contributed by atoms with Gasteiger partial charge < -0.3 is 5.11 Å². The maximum absolute atomic E-state index is 11.4. The molecule has 0 fully saturated rings. The highest BCUT2D eigenvalue weighted by molar-refractivity contribution is 7.99. The first-order valence-electron chi connectivity index (χ1n) is 6.59. The van der Waals surface area contributed by atoms with Gasteiger partial charge in [-0.25, -0.2) is 0 Å². The van der Waals surface area contributed by atoms with Crippen LogP contribution in [0.4, 0.5) is 0 Å². The van der Waals surface area contributed by atoms with E-state index in [2.05, 4.69) is 6.07 Å². The van der Waals surface area contributed by atoms with Gasteiger partial charge in [-0.3, -0.25) is 4.79 Å². The van der Waals surface area contributed by atoms with Crippen LogP contribution in [0.5, 0.6) is 0 Å². The molecule has 0 bridgehead atoms. The van der Waals surface area contributed by atoms with Crippen molar-refractivity contribution in [3.05, 3.63) is 71.3 Å². The zero-order valence-electron chi connectivity index (χ0n) is 11.5. The molecule has 2 rings (SSSR count). The van der Waals surface area contributed by atoms with E-state index >= 15 is 0 Å². The van der Waals surface area contributed by atoms with Crippen LogP contribution in [0.3, 0.4) is 0 Å². The summed E-state index contributed by atoms with van der Waals surface area (Å²) in [4.78, 5) is 11.4. The van der Waals surface area contributed by atoms with Crippen molar-refractivity contribution in [1.82, 2.24) is 0 Å². The lowest BCUT2D eigenvalue weighted by Gasteiger charge is -2.12. The van der Waals surface area contributed by atoms with Gasteiger partial charge >= 0.3 is 5.97 Å². The number of rotatable bonds is 6. The van der Waals surface area contributed by atoms with Crippen LogP contribution >= 0.6 is 11.8 Å². The number of carboxylic acids is 1. The summed E-state index contributed by atoms with van der Waals surface area (Å²) in [7, 11) is 0. The van der Waals surface area contributed by atoms with Gasteiger partial charge in [-0.2, -0.15) is 0 Å². The van der Waals surface area contributed by atoms with E-state index in [1.165, 1.54) is 22.9 Å². The third kappa shape index (κ3) is 4.42. The van der Waals surface area contributed by atoms with Crippen molar-refractivity contribution < 1.29 is 9.90 Å². The van der Waals surface area contributed by atoms with E-state index in [4.69, 9.17) is 0 Å². The Kier molecular flexibility index (Phi) is 5.24. The molecule has 1 unspecified atom stereocenters. The van der Waals surface area contributed by atoms with Crippen LogP contribution in [0.15, 0.2) is 54.6 Å². The number of carboxylic acid groups (broad SMARTS) is 1. The molecule has 0 heterocycles. The molecular formula is C17H18O2S. The Morgan fingerprint density at radius 2 is 1.80 bits per heavy atom. The fraction of sp³-hybridized carbons (Fsp3) is 0.235. The second-order valence-electron chi connectivity index (χ2n) is 4.82. The van der Waals surface area contributed by atoms with Crippen LogP contribution in [-0.4, -0.2) is 16.3 Å². The van der Waals surface area contributed by atoms with E-state index in [1.807, 2.05) is 55.5 Å². The Labute approximate surface area is 123 Å². The molecule has 2 nitrogen and oxygen atoms in total. The average molecular weight is 286 g/mol. The molecule has 2 aromatic carbocycles. The van der Waals surface area contributed by atoms with Gasteiger partial charge in [0.25, 0.3) is 0 Å². The minimum absolute atomic E-state index is 0.405. The third-order valence-corrected chi connectivity index (χ3v) is 4.34. The lowest BCUT2D eigenvalue weighted by molar-refractivity contribution is -0.136. The van der Waals surface area contributed by atoms with Crippen molar-refractivity contribution in [2.75, 3.05) is 0 Å². The highest BCUT2D eigenvalue weighted by atomic mass is 32.2. The summed E-state index contributed by atoms with van der Waals surface area (Å²) < 4.78 is 0. The Bertz CT molecular complexity index is 566. The van der Waals surface area contributed by atoms with E-state index in [0.29, 0.717) is 6.42 Å². The monoisotopic (exact) mass is 286 g/mol. The Hall–Kier alpha value is -1.74. The van der Waals surface area contributed by atoms with E-state index in [9.17, 15) is 9.90 Å². The molecule has 0 aliphatic rings. The van der Waals surface area contributed by atoms with Crippen LogP contribution < -0.4 is 0 Å². The lowest BCUT2D eigenvalue weighted by Crippen LogP contribution is -2.19. The van der Waals surface area contributed by atoms with Crippen molar-refractivity contribution in [3.63, 3.8) is 0 Å². The molecule has 3 heteroatoms.